The van der Waals surface area contributed by atoms with Crippen LogP contribution in [-0.2, 0) is 0 Å². The van der Waals surface area contributed by atoms with Crippen molar-refractivity contribution in [2.24, 2.45) is 5.73 Å². The Morgan fingerprint density at radius 2 is 2.12 bits per heavy atom. The zero-order valence-electron chi connectivity index (χ0n) is 10.9. The molecule has 3 unspecified atom stereocenters. The summed E-state index contributed by atoms with van der Waals surface area (Å²) in [6.45, 7) is 4.59. The minimum absolute atomic E-state index is 0.00361. The first kappa shape index (κ1) is 14.1. The second kappa shape index (κ2) is 6.69. The lowest BCUT2D eigenvalue weighted by molar-refractivity contribution is 0.142. The molecule has 4 heteroatoms. The van der Waals surface area contributed by atoms with Crippen LogP contribution in [-0.4, -0.2) is 40.7 Å². The minimum atomic E-state index is -0.282. The Morgan fingerprint density at radius 3 is 2.59 bits per heavy atom. The predicted octanol–water partition coefficient (Wildman–Crippen LogP) is 1.17. The maximum atomic E-state index is 9.32. The highest BCUT2D eigenvalue weighted by Crippen LogP contribution is 2.20. The van der Waals surface area contributed by atoms with Crippen molar-refractivity contribution in [2.45, 2.75) is 38.5 Å². The first-order chi connectivity index (χ1) is 8.02. The smallest absolute Gasteiger partial charge is 0.0668 e. The molecule has 0 aliphatic rings. The fourth-order valence-corrected chi connectivity index (χ4v) is 1.98. The van der Waals surface area contributed by atoms with E-state index < -0.39 is 0 Å². The van der Waals surface area contributed by atoms with Gasteiger partial charge in [0.2, 0.25) is 0 Å². The number of hydrogen-bond donors (Lipinski definition) is 2. The summed E-state index contributed by atoms with van der Waals surface area (Å²) in [5.74, 6) is 0. The molecule has 0 bridgehead atoms. The number of nitrogens with zero attached hydrogens (tertiary/aromatic N) is 2. The highest BCUT2D eigenvalue weighted by Gasteiger charge is 2.22. The first-order valence-corrected chi connectivity index (χ1v) is 6.07. The fraction of sp³-hybridized carbons (Fsp3) is 0.615. The largest absolute Gasteiger partial charge is 0.393 e. The summed E-state index contributed by atoms with van der Waals surface area (Å²) in [4.78, 5) is 6.52. The van der Waals surface area contributed by atoms with Gasteiger partial charge in [-0.3, -0.25) is 9.88 Å². The number of pyridine rings is 1. The Bertz CT molecular complexity index is 314. The average molecular weight is 237 g/mol. The monoisotopic (exact) mass is 237 g/mol. The molecule has 96 valence electrons. The standard InChI is InChI=1S/C13H23N3O/c1-10(17)7-9-16(3)13(11(2)14)12-6-4-5-8-15-12/h4-6,8,10-11,13,17H,7,9,14H2,1-3H3. The van der Waals surface area contributed by atoms with Crippen LogP contribution in [0.1, 0.15) is 32.0 Å². The highest BCUT2D eigenvalue weighted by atomic mass is 16.3. The van der Waals surface area contributed by atoms with Crippen molar-refractivity contribution in [3.63, 3.8) is 0 Å². The summed E-state index contributed by atoms with van der Waals surface area (Å²) in [5, 5.41) is 9.32. The summed E-state index contributed by atoms with van der Waals surface area (Å²) in [6.07, 6.45) is 2.25. The minimum Gasteiger partial charge on any atom is -0.393 e. The molecular weight excluding hydrogens is 214 g/mol. The van der Waals surface area contributed by atoms with Gasteiger partial charge in [0, 0.05) is 18.8 Å². The Kier molecular flexibility index (Phi) is 5.55. The highest BCUT2D eigenvalue weighted by molar-refractivity contribution is 5.10. The van der Waals surface area contributed by atoms with Crippen LogP contribution in [0.3, 0.4) is 0 Å². The lowest BCUT2D eigenvalue weighted by Gasteiger charge is -2.30. The quantitative estimate of drug-likeness (QED) is 0.779. The Hall–Kier alpha value is -0.970. The van der Waals surface area contributed by atoms with Gasteiger partial charge in [-0.15, -0.1) is 0 Å². The maximum absolute atomic E-state index is 9.32. The van der Waals surface area contributed by atoms with Gasteiger partial charge in [0.1, 0.15) is 0 Å². The number of rotatable bonds is 6. The van der Waals surface area contributed by atoms with E-state index in [2.05, 4.69) is 9.88 Å². The predicted molar refractivity (Wildman–Crippen MR) is 69.6 cm³/mol. The van der Waals surface area contributed by atoms with Gasteiger partial charge in [-0.2, -0.15) is 0 Å². The van der Waals surface area contributed by atoms with Crippen LogP contribution in [0.4, 0.5) is 0 Å². The second-order valence-corrected chi connectivity index (χ2v) is 4.68. The Labute approximate surface area is 103 Å². The molecule has 3 N–H and O–H groups in total. The van der Waals surface area contributed by atoms with E-state index in [1.54, 1.807) is 13.1 Å². The maximum Gasteiger partial charge on any atom is 0.0668 e. The third kappa shape index (κ3) is 4.42. The summed E-state index contributed by atoms with van der Waals surface area (Å²) in [5.41, 5.74) is 7.01. The van der Waals surface area contributed by atoms with Crippen LogP contribution >= 0.6 is 0 Å². The van der Waals surface area contributed by atoms with Gasteiger partial charge in [-0.05, 0) is 39.4 Å². The fourth-order valence-electron chi connectivity index (χ4n) is 1.98. The van der Waals surface area contributed by atoms with Crippen LogP contribution in [0.5, 0.6) is 0 Å². The molecule has 4 nitrogen and oxygen atoms in total. The number of aliphatic hydroxyl groups is 1. The number of aromatic nitrogens is 1. The molecule has 0 saturated carbocycles. The van der Waals surface area contributed by atoms with Gasteiger partial charge in [0.15, 0.2) is 0 Å². The second-order valence-electron chi connectivity index (χ2n) is 4.68. The van der Waals surface area contributed by atoms with Crippen molar-refractivity contribution in [1.82, 2.24) is 9.88 Å². The van der Waals surface area contributed by atoms with Crippen molar-refractivity contribution < 1.29 is 5.11 Å². The summed E-state index contributed by atoms with van der Waals surface area (Å²) < 4.78 is 0. The first-order valence-electron chi connectivity index (χ1n) is 6.07. The van der Waals surface area contributed by atoms with E-state index in [-0.39, 0.29) is 18.2 Å². The molecule has 0 radical (unpaired) electrons. The third-order valence-electron chi connectivity index (χ3n) is 2.86. The normalized spacial score (nSPS) is 16.8. The Morgan fingerprint density at radius 1 is 1.41 bits per heavy atom. The molecule has 0 aliphatic heterocycles. The molecule has 0 spiro atoms. The Balaban J connectivity index is 2.72. The van der Waals surface area contributed by atoms with Crippen LogP contribution < -0.4 is 5.73 Å². The summed E-state index contributed by atoms with van der Waals surface area (Å²) in [7, 11) is 2.02. The SMILES string of the molecule is CC(O)CCN(C)C(c1ccccn1)C(C)N. The van der Waals surface area contributed by atoms with Gasteiger partial charge >= 0.3 is 0 Å². The van der Waals surface area contributed by atoms with Crippen LogP contribution in [0, 0.1) is 0 Å². The molecule has 1 heterocycles. The van der Waals surface area contributed by atoms with Crippen LogP contribution in [0.2, 0.25) is 0 Å². The molecule has 0 aromatic carbocycles. The van der Waals surface area contributed by atoms with Crippen LogP contribution in [0.15, 0.2) is 24.4 Å². The van der Waals surface area contributed by atoms with Crippen molar-refractivity contribution in [3.05, 3.63) is 30.1 Å². The van der Waals surface area contributed by atoms with Crippen LogP contribution in [0.25, 0.3) is 0 Å². The molecule has 1 aromatic rings. The summed E-state index contributed by atoms with van der Waals surface area (Å²) in [6, 6.07) is 5.96. The zero-order chi connectivity index (χ0) is 12.8. The lowest BCUT2D eigenvalue weighted by Crippen LogP contribution is -2.38. The molecule has 17 heavy (non-hydrogen) atoms. The van der Waals surface area contributed by atoms with Crippen molar-refractivity contribution in [1.29, 1.82) is 0 Å². The van der Waals surface area contributed by atoms with E-state index in [1.165, 1.54) is 0 Å². The van der Waals surface area contributed by atoms with Gasteiger partial charge < -0.3 is 10.8 Å². The topological polar surface area (TPSA) is 62.4 Å². The van der Waals surface area contributed by atoms with Crippen molar-refractivity contribution in [3.8, 4) is 0 Å². The van der Waals surface area contributed by atoms with Crippen molar-refractivity contribution >= 4 is 0 Å². The average Bonchev–Trinajstić information content (AvgIpc) is 2.27. The molecule has 0 aliphatic carbocycles. The molecule has 1 rings (SSSR count). The number of likely N-dealkylation sites (N-methyl/N-ethyl adjacent to an activating group) is 1. The van der Waals surface area contributed by atoms with Gasteiger partial charge in [0.25, 0.3) is 0 Å². The number of nitrogens with two attached hydrogens (primary N) is 1. The number of hydrogen-bond acceptors (Lipinski definition) is 4. The van der Waals surface area contributed by atoms with E-state index >= 15 is 0 Å². The van der Waals surface area contributed by atoms with Gasteiger partial charge in [-0.1, -0.05) is 6.07 Å². The van der Waals surface area contributed by atoms with E-state index in [0.717, 1.165) is 18.7 Å². The van der Waals surface area contributed by atoms with E-state index in [0.29, 0.717) is 0 Å². The molecule has 0 amide bonds. The molecular formula is C13H23N3O. The van der Waals surface area contributed by atoms with Crippen molar-refractivity contribution in [2.75, 3.05) is 13.6 Å². The molecule has 1 aromatic heterocycles. The van der Waals surface area contributed by atoms with E-state index in [1.807, 2.05) is 32.2 Å². The lowest BCUT2D eigenvalue weighted by atomic mass is 10.0. The van der Waals surface area contributed by atoms with E-state index in [9.17, 15) is 5.11 Å². The summed E-state index contributed by atoms with van der Waals surface area (Å²) >= 11 is 0. The van der Waals surface area contributed by atoms with Gasteiger partial charge in [-0.25, -0.2) is 0 Å². The van der Waals surface area contributed by atoms with E-state index in [4.69, 9.17) is 5.73 Å². The third-order valence-corrected chi connectivity index (χ3v) is 2.86. The zero-order valence-corrected chi connectivity index (χ0v) is 10.9. The van der Waals surface area contributed by atoms with Gasteiger partial charge in [0.05, 0.1) is 17.8 Å². The molecule has 0 fully saturated rings. The molecule has 0 saturated heterocycles. The number of aliphatic hydroxyl groups excluding tert-OH is 1. The molecule has 3 atom stereocenters.